The minimum atomic E-state index is 0.708. The van der Waals surface area contributed by atoms with Gasteiger partial charge in [0.15, 0.2) is 5.82 Å². The Balaban J connectivity index is 1.71. The SMILES string of the molecule is Cc1n[nH]c(C)c1CNc1nc(-c2ccccc2)nc2c1CCNCC2. The molecular formula is C20H24N6. The van der Waals surface area contributed by atoms with Crippen molar-refractivity contribution in [3.8, 4) is 11.4 Å². The number of aromatic amines is 1. The molecule has 1 aromatic carbocycles. The zero-order chi connectivity index (χ0) is 17.9. The van der Waals surface area contributed by atoms with Crippen molar-refractivity contribution in [3.63, 3.8) is 0 Å². The van der Waals surface area contributed by atoms with E-state index in [1.165, 1.54) is 11.1 Å². The van der Waals surface area contributed by atoms with Crippen LogP contribution in [0.25, 0.3) is 11.4 Å². The van der Waals surface area contributed by atoms with E-state index >= 15 is 0 Å². The molecule has 6 heteroatoms. The summed E-state index contributed by atoms with van der Waals surface area (Å²) in [6.45, 7) is 6.70. The number of H-pyrrole nitrogens is 1. The Morgan fingerprint density at radius 1 is 1.04 bits per heavy atom. The summed E-state index contributed by atoms with van der Waals surface area (Å²) in [5, 5.41) is 14.4. The summed E-state index contributed by atoms with van der Waals surface area (Å²) in [6.07, 6.45) is 1.87. The van der Waals surface area contributed by atoms with E-state index in [4.69, 9.17) is 9.97 Å². The highest BCUT2D eigenvalue weighted by molar-refractivity contribution is 5.60. The molecule has 0 amide bonds. The molecule has 0 unspecified atom stereocenters. The monoisotopic (exact) mass is 348 g/mol. The molecule has 0 fully saturated rings. The van der Waals surface area contributed by atoms with Gasteiger partial charge in [-0.1, -0.05) is 30.3 Å². The van der Waals surface area contributed by atoms with Gasteiger partial charge in [-0.15, -0.1) is 0 Å². The van der Waals surface area contributed by atoms with Crippen molar-refractivity contribution in [3.05, 3.63) is 58.5 Å². The fraction of sp³-hybridized carbons (Fsp3) is 0.350. The largest absolute Gasteiger partial charge is 0.365 e. The van der Waals surface area contributed by atoms with Crippen LogP contribution in [0, 0.1) is 13.8 Å². The van der Waals surface area contributed by atoms with Crippen molar-refractivity contribution < 1.29 is 0 Å². The lowest BCUT2D eigenvalue weighted by Gasteiger charge is -2.15. The second-order valence-electron chi connectivity index (χ2n) is 6.70. The molecule has 4 rings (SSSR count). The van der Waals surface area contributed by atoms with Crippen LogP contribution in [0.5, 0.6) is 0 Å². The highest BCUT2D eigenvalue weighted by Gasteiger charge is 2.18. The summed E-state index contributed by atoms with van der Waals surface area (Å²) in [7, 11) is 0. The van der Waals surface area contributed by atoms with Gasteiger partial charge in [0.1, 0.15) is 5.82 Å². The van der Waals surface area contributed by atoms with Crippen LogP contribution in [0.1, 0.15) is 28.2 Å². The summed E-state index contributed by atoms with van der Waals surface area (Å²) >= 11 is 0. The Kier molecular flexibility index (Phi) is 4.67. The fourth-order valence-electron chi connectivity index (χ4n) is 3.41. The smallest absolute Gasteiger partial charge is 0.161 e. The minimum Gasteiger partial charge on any atom is -0.365 e. The van der Waals surface area contributed by atoms with E-state index in [2.05, 4.69) is 39.9 Å². The molecule has 0 saturated heterocycles. The molecule has 134 valence electrons. The van der Waals surface area contributed by atoms with E-state index < -0.39 is 0 Å². The maximum absolute atomic E-state index is 4.88. The van der Waals surface area contributed by atoms with Gasteiger partial charge >= 0.3 is 0 Å². The van der Waals surface area contributed by atoms with Gasteiger partial charge in [0.05, 0.1) is 11.4 Å². The lowest BCUT2D eigenvalue weighted by molar-refractivity contribution is 0.708. The third kappa shape index (κ3) is 3.32. The van der Waals surface area contributed by atoms with Gasteiger partial charge < -0.3 is 10.6 Å². The van der Waals surface area contributed by atoms with Gasteiger partial charge in [0.25, 0.3) is 0 Å². The van der Waals surface area contributed by atoms with E-state index in [0.29, 0.717) is 6.54 Å². The van der Waals surface area contributed by atoms with Gasteiger partial charge in [-0.05, 0) is 26.8 Å². The lowest BCUT2D eigenvalue weighted by Crippen LogP contribution is -2.16. The van der Waals surface area contributed by atoms with Crippen molar-refractivity contribution in [2.45, 2.75) is 33.2 Å². The van der Waals surface area contributed by atoms with E-state index in [-0.39, 0.29) is 0 Å². The molecule has 0 aliphatic carbocycles. The number of fused-ring (bicyclic) bond motifs is 1. The minimum absolute atomic E-state index is 0.708. The average molecular weight is 348 g/mol. The molecule has 1 aliphatic heterocycles. The van der Waals surface area contributed by atoms with Gasteiger partial charge in [0, 0.05) is 41.9 Å². The van der Waals surface area contributed by atoms with E-state index in [0.717, 1.165) is 60.2 Å². The second-order valence-corrected chi connectivity index (χ2v) is 6.70. The van der Waals surface area contributed by atoms with Crippen LogP contribution in [0.4, 0.5) is 5.82 Å². The maximum atomic E-state index is 4.88. The Bertz CT molecular complexity index is 881. The van der Waals surface area contributed by atoms with Crippen molar-refractivity contribution in [2.24, 2.45) is 0 Å². The number of benzene rings is 1. The highest BCUT2D eigenvalue weighted by Crippen LogP contribution is 2.25. The predicted octanol–water partition coefficient (Wildman–Crippen LogP) is 2.78. The summed E-state index contributed by atoms with van der Waals surface area (Å²) in [4.78, 5) is 9.75. The Hall–Kier alpha value is -2.73. The molecule has 3 N–H and O–H groups in total. The summed E-state index contributed by atoms with van der Waals surface area (Å²) in [6, 6.07) is 10.2. The van der Waals surface area contributed by atoms with Gasteiger partial charge in [-0.3, -0.25) is 5.10 Å². The van der Waals surface area contributed by atoms with Crippen LogP contribution in [-0.4, -0.2) is 33.3 Å². The molecule has 0 spiro atoms. The van der Waals surface area contributed by atoms with Crippen molar-refractivity contribution in [1.29, 1.82) is 0 Å². The third-order valence-electron chi connectivity index (χ3n) is 4.93. The highest BCUT2D eigenvalue weighted by atomic mass is 15.1. The molecular weight excluding hydrogens is 324 g/mol. The number of hydrogen-bond donors (Lipinski definition) is 3. The van der Waals surface area contributed by atoms with E-state index in [1.807, 2.05) is 25.1 Å². The zero-order valence-electron chi connectivity index (χ0n) is 15.3. The normalized spacial score (nSPS) is 13.9. The van der Waals surface area contributed by atoms with Crippen molar-refractivity contribution in [2.75, 3.05) is 18.4 Å². The van der Waals surface area contributed by atoms with Gasteiger partial charge in [-0.25, -0.2) is 9.97 Å². The number of aromatic nitrogens is 4. The number of aryl methyl sites for hydroxylation is 2. The molecule has 0 atom stereocenters. The summed E-state index contributed by atoms with van der Waals surface area (Å²) in [5.41, 5.74) is 6.75. The molecule has 2 aromatic heterocycles. The Labute approximate surface area is 153 Å². The first-order valence-electron chi connectivity index (χ1n) is 9.12. The van der Waals surface area contributed by atoms with Crippen LogP contribution < -0.4 is 10.6 Å². The van der Waals surface area contributed by atoms with Crippen molar-refractivity contribution >= 4 is 5.82 Å². The number of nitrogens with zero attached hydrogens (tertiary/aromatic N) is 3. The molecule has 0 bridgehead atoms. The Morgan fingerprint density at radius 2 is 1.85 bits per heavy atom. The number of nitrogens with one attached hydrogen (secondary N) is 3. The average Bonchev–Trinajstić information content (AvgIpc) is 2.86. The standard InChI is InChI=1S/C20H24N6/c1-13-17(14(2)26-25-13)12-22-20-16-8-10-21-11-9-18(16)23-19(24-20)15-6-4-3-5-7-15/h3-7,21H,8-12H2,1-2H3,(H,25,26)(H,22,23,24). The molecule has 6 nitrogen and oxygen atoms in total. The van der Waals surface area contributed by atoms with Crippen LogP contribution in [0.2, 0.25) is 0 Å². The Morgan fingerprint density at radius 3 is 2.62 bits per heavy atom. The van der Waals surface area contributed by atoms with Crippen LogP contribution in [-0.2, 0) is 19.4 Å². The molecule has 3 heterocycles. The van der Waals surface area contributed by atoms with Crippen LogP contribution >= 0.6 is 0 Å². The molecule has 0 saturated carbocycles. The summed E-state index contributed by atoms with van der Waals surface area (Å²) in [5.74, 6) is 1.73. The van der Waals surface area contributed by atoms with E-state index in [9.17, 15) is 0 Å². The fourth-order valence-corrected chi connectivity index (χ4v) is 3.41. The molecule has 1 aliphatic rings. The number of rotatable bonds is 4. The number of hydrogen-bond acceptors (Lipinski definition) is 5. The molecule has 26 heavy (non-hydrogen) atoms. The topological polar surface area (TPSA) is 78.5 Å². The first-order chi connectivity index (χ1) is 12.7. The quantitative estimate of drug-likeness (QED) is 0.676. The van der Waals surface area contributed by atoms with Gasteiger partial charge in [0.2, 0.25) is 0 Å². The maximum Gasteiger partial charge on any atom is 0.161 e. The predicted molar refractivity (Wildman–Crippen MR) is 103 cm³/mol. The molecule has 3 aromatic rings. The van der Waals surface area contributed by atoms with Crippen LogP contribution in [0.3, 0.4) is 0 Å². The third-order valence-corrected chi connectivity index (χ3v) is 4.93. The summed E-state index contributed by atoms with van der Waals surface area (Å²) < 4.78 is 0. The number of anilines is 1. The lowest BCUT2D eigenvalue weighted by atomic mass is 10.1. The zero-order valence-corrected chi connectivity index (χ0v) is 15.3. The van der Waals surface area contributed by atoms with Crippen molar-refractivity contribution in [1.82, 2.24) is 25.5 Å². The molecule has 0 radical (unpaired) electrons. The second kappa shape index (κ2) is 7.25. The first kappa shape index (κ1) is 16.7. The van der Waals surface area contributed by atoms with E-state index in [1.54, 1.807) is 0 Å². The first-order valence-corrected chi connectivity index (χ1v) is 9.12. The van der Waals surface area contributed by atoms with Gasteiger partial charge in [-0.2, -0.15) is 5.10 Å². The van der Waals surface area contributed by atoms with Crippen LogP contribution in [0.15, 0.2) is 30.3 Å².